The van der Waals surface area contributed by atoms with Gasteiger partial charge in [0, 0.05) is 25.7 Å². The molecule has 17 nitrogen and oxygen atoms in total. The lowest BCUT2D eigenvalue weighted by atomic mass is 10.0. The van der Waals surface area contributed by atoms with Crippen LogP contribution in [0.4, 0.5) is 0 Å². The predicted octanol–water partition coefficient (Wildman–Crippen LogP) is 22.0. The van der Waals surface area contributed by atoms with Gasteiger partial charge in [0.05, 0.1) is 26.4 Å². The summed E-state index contributed by atoms with van der Waals surface area (Å²) in [5.41, 5.74) is 0. The molecule has 5 atom stereocenters. The molecule has 0 radical (unpaired) electrons. The van der Waals surface area contributed by atoms with Crippen molar-refractivity contribution in [2.75, 3.05) is 39.6 Å². The molecule has 2 unspecified atom stereocenters. The Labute approximate surface area is 595 Å². The molecule has 0 spiro atoms. The van der Waals surface area contributed by atoms with Crippen molar-refractivity contribution in [2.45, 2.75) is 341 Å². The summed E-state index contributed by atoms with van der Waals surface area (Å²) in [5, 5.41) is 10.6. The van der Waals surface area contributed by atoms with E-state index in [0.717, 1.165) is 135 Å². The van der Waals surface area contributed by atoms with E-state index in [1.54, 1.807) is 0 Å². The van der Waals surface area contributed by atoms with E-state index in [1.165, 1.54) is 103 Å². The molecule has 0 aromatic carbocycles. The summed E-state index contributed by atoms with van der Waals surface area (Å²) in [7, 11) is -9.97. The van der Waals surface area contributed by atoms with E-state index >= 15 is 0 Å². The molecule has 19 heteroatoms. The SMILES string of the molecule is CC/C=C\C/C=C\C/C=C\C/C=C\C/C=C\C/C=C\CCC(=O)O[C@H](COC(=O)CCCCCCCCCCCCCCC)COP(=O)(O)OC[C@H](O)COP(=O)(O)OC[C@@H](COC(=O)CCCCCCC/C=C\CCCCCC)OC(=O)CCCCCCC/C=C\CCCCCC. The van der Waals surface area contributed by atoms with Crippen LogP contribution in [0.2, 0.25) is 0 Å². The zero-order chi connectivity index (χ0) is 71.8. The number of esters is 4. The zero-order valence-corrected chi connectivity index (χ0v) is 63.5. The fourth-order valence-electron chi connectivity index (χ4n) is 10.2. The first-order valence-electron chi connectivity index (χ1n) is 38.5. The molecule has 0 rings (SSSR count). The Bertz CT molecular complexity index is 2240. The van der Waals surface area contributed by atoms with Gasteiger partial charge < -0.3 is 33.8 Å². The molecule has 0 saturated carbocycles. The molecular formula is C79H138O17P2. The minimum absolute atomic E-state index is 0.0287. The highest BCUT2D eigenvalue weighted by molar-refractivity contribution is 7.47. The van der Waals surface area contributed by atoms with E-state index < -0.39 is 97.5 Å². The van der Waals surface area contributed by atoms with Gasteiger partial charge in [0.15, 0.2) is 12.2 Å². The van der Waals surface area contributed by atoms with Gasteiger partial charge in [-0.2, -0.15) is 0 Å². The van der Waals surface area contributed by atoms with Gasteiger partial charge in [-0.25, -0.2) is 9.13 Å². The predicted molar refractivity (Wildman–Crippen MR) is 399 cm³/mol. The molecule has 0 aliphatic carbocycles. The van der Waals surface area contributed by atoms with Gasteiger partial charge in [0.25, 0.3) is 0 Å². The highest BCUT2D eigenvalue weighted by Crippen LogP contribution is 2.45. The van der Waals surface area contributed by atoms with Crippen LogP contribution in [-0.2, 0) is 65.4 Å². The third-order valence-corrected chi connectivity index (χ3v) is 17.9. The lowest BCUT2D eigenvalue weighted by Gasteiger charge is -2.21. The van der Waals surface area contributed by atoms with Crippen LogP contribution in [0.5, 0.6) is 0 Å². The van der Waals surface area contributed by atoms with Crippen LogP contribution in [0.25, 0.3) is 0 Å². The number of carbonyl (C=O) groups is 4. The van der Waals surface area contributed by atoms with Gasteiger partial charge in [-0.1, -0.05) is 279 Å². The fraction of sp³-hybridized carbons (Fsp3) is 0.747. The van der Waals surface area contributed by atoms with Crippen LogP contribution < -0.4 is 0 Å². The summed E-state index contributed by atoms with van der Waals surface area (Å²) in [5.74, 6) is -2.28. The number of phosphoric acid groups is 2. The summed E-state index contributed by atoms with van der Waals surface area (Å²) in [4.78, 5) is 72.8. The average molecular weight is 1420 g/mol. The van der Waals surface area contributed by atoms with Gasteiger partial charge in [-0.05, 0) is 116 Å². The van der Waals surface area contributed by atoms with Crippen LogP contribution in [0, 0.1) is 0 Å². The number of ether oxygens (including phenoxy) is 4. The molecular weight excluding hydrogens is 1280 g/mol. The molecule has 3 N–H and O–H groups in total. The van der Waals surface area contributed by atoms with Crippen LogP contribution in [0.1, 0.15) is 323 Å². The molecule has 566 valence electrons. The summed E-state index contributed by atoms with van der Waals surface area (Å²) >= 11 is 0. The first-order valence-corrected chi connectivity index (χ1v) is 41.5. The number of hydrogen-bond donors (Lipinski definition) is 3. The number of hydrogen-bond acceptors (Lipinski definition) is 15. The van der Waals surface area contributed by atoms with Gasteiger partial charge in [-0.15, -0.1) is 0 Å². The lowest BCUT2D eigenvalue weighted by Crippen LogP contribution is -2.30. The summed E-state index contributed by atoms with van der Waals surface area (Å²) in [6.07, 6.45) is 74.1. The lowest BCUT2D eigenvalue weighted by molar-refractivity contribution is -0.161. The van der Waals surface area contributed by atoms with Gasteiger partial charge in [-0.3, -0.25) is 37.3 Å². The van der Waals surface area contributed by atoms with Gasteiger partial charge >= 0.3 is 39.5 Å². The second kappa shape index (κ2) is 71.4. The van der Waals surface area contributed by atoms with Crippen LogP contribution >= 0.6 is 15.6 Å². The Morgan fingerprint density at radius 1 is 0.296 bits per heavy atom. The molecule has 0 aromatic heterocycles. The van der Waals surface area contributed by atoms with Crippen molar-refractivity contribution >= 4 is 39.5 Å². The Morgan fingerprint density at radius 2 is 0.551 bits per heavy atom. The highest BCUT2D eigenvalue weighted by Gasteiger charge is 2.30. The van der Waals surface area contributed by atoms with Crippen molar-refractivity contribution in [3.8, 4) is 0 Å². The van der Waals surface area contributed by atoms with Crippen molar-refractivity contribution in [2.24, 2.45) is 0 Å². The maximum absolute atomic E-state index is 13.1. The van der Waals surface area contributed by atoms with Crippen molar-refractivity contribution in [1.29, 1.82) is 0 Å². The van der Waals surface area contributed by atoms with Crippen molar-refractivity contribution < 1.29 is 80.2 Å². The van der Waals surface area contributed by atoms with E-state index in [4.69, 9.17) is 37.0 Å². The maximum atomic E-state index is 13.1. The monoisotopic (exact) mass is 1420 g/mol. The third kappa shape index (κ3) is 70.4. The number of aliphatic hydroxyl groups excluding tert-OH is 1. The molecule has 0 fully saturated rings. The second-order valence-corrected chi connectivity index (χ2v) is 28.5. The fourth-order valence-corrected chi connectivity index (χ4v) is 11.8. The highest BCUT2D eigenvalue weighted by atomic mass is 31.2. The smallest absolute Gasteiger partial charge is 0.462 e. The van der Waals surface area contributed by atoms with Crippen molar-refractivity contribution in [3.05, 3.63) is 97.2 Å². The first kappa shape index (κ1) is 94.0. The van der Waals surface area contributed by atoms with Crippen molar-refractivity contribution in [1.82, 2.24) is 0 Å². The summed E-state index contributed by atoms with van der Waals surface area (Å²) in [6.45, 7) is 4.65. The standard InChI is InChI=1S/C79H138O17P2/c1-5-9-13-17-21-25-29-33-34-35-36-37-38-42-46-50-54-58-62-66-79(84)96-75(70-90-77(82)64-60-56-52-48-44-40-31-27-23-19-15-11-7-3)72-94-98(87,88)92-68-73(80)67-91-97(85,86)93-71-74(95-78(83)65-61-57-53-49-45-41-32-28-24-20-16-12-8-4)69-89-76(81)63-59-55-51-47-43-39-30-26-22-18-14-10-6-2/h9,13,21,25-26,28,30,32-34,36-37,42,46,54,58,73-75,80H,5-8,10-12,14-20,22-24,27,29,31,35,38-41,43-45,47-53,55-57,59-72H2,1-4H3,(H,85,86)(H,87,88)/b13-9-,25-21-,30-26-,32-28-,34-33-,37-36-,46-42-,58-54-/t73-,74-,75-/m1/s1. The number of unbranched alkanes of at least 4 members (excludes halogenated alkanes) is 30. The normalized spacial score (nSPS) is 14.5. The number of rotatable bonds is 72. The Kier molecular flexibility index (Phi) is 68.4. The largest absolute Gasteiger partial charge is 0.472 e. The molecule has 0 aliphatic rings. The van der Waals surface area contributed by atoms with E-state index in [2.05, 4.69) is 107 Å². The number of carbonyl (C=O) groups excluding carboxylic acids is 4. The maximum Gasteiger partial charge on any atom is 0.472 e. The number of allylic oxidation sites excluding steroid dienone is 16. The van der Waals surface area contributed by atoms with E-state index in [-0.39, 0.29) is 25.7 Å². The van der Waals surface area contributed by atoms with E-state index in [0.29, 0.717) is 32.1 Å². The number of aliphatic hydroxyl groups is 1. The molecule has 0 heterocycles. The summed E-state index contributed by atoms with van der Waals surface area (Å²) < 4.78 is 68.4. The Hall–Kier alpha value is -4.02. The molecule has 0 amide bonds. The summed E-state index contributed by atoms with van der Waals surface area (Å²) in [6, 6.07) is 0. The van der Waals surface area contributed by atoms with Crippen molar-refractivity contribution in [3.63, 3.8) is 0 Å². The van der Waals surface area contributed by atoms with Crippen LogP contribution in [0.15, 0.2) is 97.2 Å². The first-order chi connectivity index (χ1) is 47.7. The van der Waals surface area contributed by atoms with Gasteiger partial charge in [0.2, 0.25) is 0 Å². The van der Waals surface area contributed by atoms with Crippen LogP contribution in [0.3, 0.4) is 0 Å². The Morgan fingerprint density at radius 3 is 0.888 bits per heavy atom. The minimum Gasteiger partial charge on any atom is -0.462 e. The molecule has 0 bridgehead atoms. The minimum atomic E-state index is -4.99. The molecule has 0 aliphatic heterocycles. The van der Waals surface area contributed by atoms with Gasteiger partial charge in [0.1, 0.15) is 19.3 Å². The average Bonchev–Trinajstić information content (AvgIpc) is 0.982. The van der Waals surface area contributed by atoms with Crippen LogP contribution in [-0.4, -0.2) is 96.7 Å². The topological polar surface area (TPSA) is 237 Å². The number of phosphoric ester groups is 2. The van der Waals surface area contributed by atoms with E-state index in [9.17, 15) is 43.2 Å². The Balaban J connectivity index is 5.41. The second-order valence-electron chi connectivity index (χ2n) is 25.6. The third-order valence-electron chi connectivity index (χ3n) is 16.0. The van der Waals surface area contributed by atoms with E-state index in [1.807, 2.05) is 18.2 Å². The zero-order valence-electron chi connectivity index (χ0n) is 61.7. The quantitative estimate of drug-likeness (QED) is 0.0169. The molecule has 98 heavy (non-hydrogen) atoms. The molecule has 0 saturated heterocycles. The molecule has 0 aromatic rings.